The molecule has 2 heterocycles. The van der Waals surface area contributed by atoms with Crippen molar-refractivity contribution in [3.8, 4) is 0 Å². The van der Waals surface area contributed by atoms with E-state index >= 15 is 0 Å². The zero-order chi connectivity index (χ0) is 14.3. The summed E-state index contributed by atoms with van der Waals surface area (Å²) < 4.78 is 0. The topological polar surface area (TPSA) is 33.2 Å². The van der Waals surface area contributed by atoms with Crippen LogP contribution in [0.3, 0.4) is 0 Å². The maximum absolute atomic E-state index is 13.2. The molecule has 4 rings (SSSR count). The molecular formula is C18H24N2O. The minimum absolute atomic E-state index is 0.0260. The number of nitrogens with zero attached hydrogens (tertiary/aromatic N) is 2. The molecule has 112 valence electrons. The Kier molecular flexibility index (Phi) is 3.24. The maximum Gasteiger partial charge on any atom is 0.232 e. The van der Waals surface area contributed by atoms with E-state index in [1.54, 1.807) is 0 Å². The minimum atomic E-state index is 0.0260. The third-order valence-electron chi connectivity index (χ3n) is 5.90. The van der Waals surface area contributed by atoms with E-state index in [2.05, 4.69) is 16.0 Å². The van der Waals surface area contributed by atoms with Crippen LogP contribution >= 0.6 is 0 Å². The number of fused-ring (bicyclic) bond motifs is 1. The first kappa shape index (κ1) is 13.3. The number of hydrogen-bond donors (Lipinski definition) is 0. The van der Waals surface area contributed by atoms with E-state index in [9.17, 15) is 4.79 Å². The van der Waals surface area contributed by atoms with Crippen molar-refractivity contribution < 1.29 is 4.79 Å². The summed E-state index contributed by atoms with van der Waals surface area (Å²) in [5.74, 6) is 0.393. The van der Waals surface area contributed by atoms with Gasteiger partial charge >= 0.3 is 0 Å². The highest BCUT2D eigenvalue weighted by molar-refractivity contribution is 5.85. The van der Waals surface area contributed by atoms with E-state index in [1.165, 1.54) is 50.5 Å². The van der Waals surface area contributed by atoms with Crippen LogP contribution in [-0.4, -0.2) is 27.9 Å². The van der Waals surface area contributed by atoms with E-state index in [1.807, 2.05) is 12.3 Å². The first-order chi connectivity index (χ1) is 10.3. The van der Waals surface area contributed by atoms with Gasteiger partial charge in [-0.25, -0.2) is 0 Å². The van der Waals surface area contributed by atoms with Gasteiger partial charge in [-0.3, -0.25) is 9.78 Å². The molecule has 2 fully saturated rings. The van der Waals surface area contributed by atoms with Gasteiger partial charge < -0.3 is 4.90 Å². The molecule has 21 heavy (non-hydrogen) atoms. The van der Waals surface area contributed by atoms with Gasteiger partial charge in [0.2, 0.25) is 5.91 Å². The van der Waals surface area contributed by atoms with Gasteiger partial charge in [-0.1, -0.05) is 25.3 Å². The Labute approximate surface area is 126 Å². The second kappa shape index (κ2) is 5.11. The Morgan fingerprint density at radius 2 is 2.00 bits per heavy atom. The van der Waals surface area contributed by atoms with Gasteiger partial charge in [-0.05, 0) is 50.2 Å². The van der Waals surface area contributed by atoms with Crippen molar-refractivity contribution in [2.24, 2.45) is 0 Å². The first-order valence-corrected chi connectivity index (χ1v) is 8.55. The summed E-state index contributed by atoms with van der Waals surface area (Å²) >= 11 is 0. The van der Waals surface area contributed by atoms with E-state index in [0.29, 0.717) is 5.91 Å². The van der Waals surface area contributed by atoms with Crippen LogP contribution in [0.4, 0.5) is 0 Å². The van der Waals surface area contributed by atoms with Gasteiger partial charge in [0.05, 0.1) is 11.6 Å². The molecule has 1 amide bonds. The fraction of sp³-hybridized carbons (Fsp3) is 0.667. The number of carbonyl (C=O) groups excluding carboxylic acids is 1. The molecule has 1 unspecified atom stereocenters. The van der Waals surface area contributed by atoms with E-state index in [0.717, 1.165) is 25.1 Å². The molecule has 2 aliphatic carbocycles. The van der Waals surface area contributed by atoms with Crippen LogP contribution in [0.5, 0.6) is 0 Å². The Hall–Kier alpha value is -1.38. The monoisotopic (exact) mass is 284 g/mol. The van der Waals surface area contributed by atoms with Crippen molar-refractivity contribution in [3.63, 3.8) is 0 Å². The third-order valence-corrected chi connectivity index (χ3v) is 5.90. The fourth-order valence-electron chi connectivity index (χ4n) is 4.85. The minimum Gasteiger partial charge on any atom is -0.336 e. The summed E-state index contributed by atoms with van der Waals surface area (Å²) in [5.41, 5.74) is 2.54. The summed E-state index contributed by atoms with van der Waals surface area (Å²) in [6, 6.07) is 4.13. The Bertz CT molecular complexity index is 548. The van der Waals surface area contributed by atoms with E-state index < -0.39 is 0 Å². The molecule has 3 heteroatoms. The summed E-state index contributed by atoms with van der Waals surface area (Å²) in [7, 11) is 0. The predicted molar refractivity (Wildman–Crippen MR) is 82.1 cm³/mol. The zero-order valence-corrected chi connectivity index (χ0v) is 12.7. The standard InChI is InChI=1S/C18H24N2O/c21-17(15-8-7-14-6-4-12-19-16(14)15)20-13-5-11-18(20)9-2-1-3-10-18/h4,6,12,15H,1-3,5,7-11,13H2. The van der Waals surface area contributed by atoms with Gasteiger partial charge in [0.15, 0.2) is 0 Å². The van der Waals surface area contributed by atoms with Gasteiger partial charge in [-0.2, -0.15) is 0 Å². The Morgan fingerprint density at radius 3 is 2.86 bits per heavy atom. The van der Waals surface area contributed by atoms with Crippen LogP contribution in [0.2, 0.25) is 0 Å². The first-order valence-electron chi connectivity index (χ1n) is 8.55. The van der Waals surface area contributed by atoms with E-state index in [-0.39, 0.29) is 11.5 Å². The molecular weight excluding hydrogens is 260 g/mol. The number of pyridine rings is 1. The van der Waals surface area contributed by atoms with Crippen molar-refractivity contribution >= 4 is 5.91 Å². The Morgan fingerprint density at radius 1 is 1.19 bits per heavy atom. The van der Waals surface area contributed by atoms with Crippen LogP contribution in [-0.2, 0) is 11.2 Å². The number of aromatic nitrogens is 1. The van der Waals surface area contributed by atoms with Gasteiger partial charge in [0.1, 0.15) is 0 Å². The molecule has 3 aliphatic rings. The molecule has 0 bridgehead atoms. The van der Waals surface area contributed by atoms with Crippen molar-refractivity contribution in [2.75, 3.05) is 6.54 Å². The lowest BCUT2D eigenvalue weighted by Crippen LogP contribution is -2.50. The van der Waals surface area contributed by atoms with Crippen LogP contribution in [0.25, 0.3) is 0 Å². The zero-order valence-electron chi connectivity index (χ0n) is 12.7. The lowest BCUT2D eigenvalue weighted by Gasteiger charge is -2.42. The van der Waals surface area contributed by atoms with E-state index in [4.69, 9.17) is 0 Å². The van der Waals surface area contributed by atoms with Gasteiger partial charge in [0, 0.05) is 18.3 Å². The van der Waals surface area contributed by atoms with Crippen LogP contribution in [0, 0.1) is 0 Å². The molecule has 0 aromatic carbocycles. The average Bonchev–Trinajstić information content (AvgIpc) is 3.12. The molecule has 1 aromatic rings. The van der Waals surface area contributed by atoms with Gasteiger partial charge in [-0.15, -0.1) is 0 Å². The summed E-state index contributed by atoms with van der Waals surface area (Å²) in [6.07, 6.45) is 12.6. The highest BCUT2D eigenvalue weighted by Gasteiger charge is 2.46. The largest absolute Gasteiger partial charge is 0.336 e. The number of aryl methyl sites for hydroxylation is 1. The smallest absolute Gasteiger partial charge is 0.232 e. The van der Waals surface area contributed by atoms with Crippen LogP contribution in [0.15, 0.2) is 18.3 Å². The number of carbonyl (C=O) groups is 1. The highest BCUT2D eigenvalue weighted by atomic mass is 16.2. The number of likely N-dealkylation sites (tertiary alicyclic amines) is 1. The molecule has 0 radical (unpaired) electrons. The normalized spacial score (nSPS) is 27.0. The van der Waals surface area contributed by atoms with Crippen molar-refractivity contribution in [1.82, 2.24) is 9.88 Å². The van der Waals surface area contributed by atoms with Crippen LogP contribution < -0.4 is 0 Å². The molecule has 1 aromatic heterocycles. The molecule has 3 nitrogen and oxygen atoms in total. The lowest BCUT2D eigenvalue weighted by atomic mass is 9.79. The summed E-state index contributed by atoms with van der Waals surface area (Å²) in [4.78, 5) is 20.0. The molecule has 1 saturated heterocycles. The highest BCUT2D eigenvalue weighted by Crippen LogP contribution is 2.44. The SMILES string of the molecule is O=C(C1CCc2cccnc21)N1CCCC12CCCCC2. The lowest BCUT2D eigenvalue weighted by molar-refractivity contribution is -0.138. The molecule has 1 saturated carbocycles. The average molecular weight is 284 g/mol. The number of amides is 1. The Balaban J connectivity index is 1.60. The summed E-state index contributed by atoms with van der Waals surface area (Å²) in [5, 5.41) is 0. The van der Waals surface area contributed by atoms with Crippen LogP contribution in [0.1, 0.15) is 68.5 Å². The predicted octanol–water partition coefficient (Wildman–Crippen LogP) is 3.44. The molecule has 0 N–H and O–H groups in total. The molecule has 1 spiro atoms. The number of hydrogen-bond acceptors (Lipinski definition) is 2. The third kappa shape index (κ3) is 2.09. The molecule has 1 aliphatic heterocycles. The second-order valence-electron chi connectivity index (χ2n) is 7.02. The quantitative estimate of drug-likeness (QED) is 0.791. The van der Waals surface area contributed by atoms with Crippen molar-refractivity contribution in [1.29, 1.82) is 0 Å². The second-order valence-corrected chi connectivity index (χ2v) is 7.02. The number of rotatable bonds is 1. The fourth-order valence-corrected chi connectivity index (χ4v) is 4.85. The molecule has 1 atom stereocenters. The van der Waals surface area contributed by atoms with Gasteiger partial charge in [0.25, 0.3) is 0 Å². The summed E-state index contributed by atoms with van der Waals surface area (Å²) in [6.45, 7) is 0.970. The van der Waals surface area contributed by atoms with Crippen molar-refractivity contribution in [2.45, 2.75) is 69.2 Å². The van der Waals surface area contributed by atoms with Crippen molar-refractivity contribution in [3.05, 3.63) is 29.6 Å². The maximum atomic E-state index is 13.2.